The number of rotatable bonds is 4. The normalized spacial score (nSPS) is 11.8. The summed E-state index contributed by atoms with van der Waals surface area (Å²) in [6.45, 7) is 4.67. The molecule has 0 saturated heterocycles. The summed E-state index contributed by atoms with van der Waals surface area (Å²) in [4.78, 5) is 3.89. The van der Waals surface area contributed by atoms with Gasteiger partial charge in [0.1, 0.15) is 5.75 Å². The maximum atomic E-state index is 8.57. The van der Waals surface area contributed by atoms with E-state index in [0.717, 1.165) is 0 Å². The fourth-order valence-corrected chi connectivity index (χ4v) is 1.01. The van der Waals surface area contributed by atoms with Crippen LogP contribution in [0.5, 0.6) is 5.75 Å². The highest BCUT2D eigenvalue weighted by Gasteiger charge is 2.08. The number of nitrogens with two attached hydrogens (primary N) is 1. The second-order valence-electron chi connectivity index (χ2n) is 3.56. The molecule has 0 saturated carbocycles. The van der Waals surface area contributed by atoms with E-state index in [2.05, 4.69) is 10.1 Å². The lowest BCUT2D eigenvalue weighted by Gasteiger charge is -2.11. The van der Waals surface area contributed by atoms with E-state index in [1.54, 1.807) is 12.3 Å². The average molecular weight is 209 g/mol. The Hall–Kier alpha value is -1.78. The highest BCUT2D eigenvalue weighted by atomic mass is 16.5. The first-order valence-electron chi connectivity index (χ1n) is 4.70. The van der Waals surface area contributed by atoms with Crippen LogP contribution >= 0.6 is 0 Å². The van der Waals surface area contributed by atoms with Crippen LogP contribution in [0.3, 0.4) is 0 Å². The lowest BCUT2D eigenvalue weighted by Crippen LogP contribution is -2.16. The minimum Gasteiger partial charge on any atom is -0.492 e. The van der Waals surface area contributed by atoms with Gasteiger partial charge in [0, 0.05) is 12.4 Å². The van der Waals surface area contributed by atoms with Gasteiger partial charge in [-0.25, -0.2) is 0 Å². The molecule has 0 radical (unpaired) electrons. The van der Waals surface area contributed by atoms with E-state index in [0.29, 0.717) is 23.8 Å². The summed E-state index contributed by atoms with van der Waals surface area (Å²) in [6.07, 6.45) is 3.11. The molecule has 0 aliphatic rings. The summed E-state index contributed by atoms with van der Waals surface area (Å²) in [5.74, 6) is 0.995. The second kappa shape index (κ2) is 5.19. The third-order valence-corrected chi connectivity index (χ3v) is 1.74. The van der Waals surface area contributed by atoms with Gasteiger partial charge in [0.25, 0.3) is 0 Å². The van der Waals surface area contributed by atoms with Gasteiger partial charge in [0.2, 0.25) is 0 Å². The smallest absolute Gasteiger partial charge is 0.175 e. The Labute approximate surface area is 88.6 Å². The van der Waals surface area contributed by atoms with Crippen LogP contribution in [-0.2, 0) is 0 Å². The molecule has 1 heterocycles. The molecule has 1 aromatic heterocycles. The fraction of sp³-hybridized carbons (Fsp3) is 0.400. The van der Waals surface area contributed by atoms with Gasteiger partial charge in [0.15, 0.2) is 5.84 Å². The number of aromatic nitrogens is 1. The first-order valence-corrected chi connectivity index (χ1v) is 4.70. The molecule has 1 aromatic rings. The average Bonchev–Trinajstić information content (AvgIpc) is 2.25. The molecular weight excluding hydrogens is 194 g/mol. The molecule has 0 aromatic carbocycles. The van der Waals surface area contributed by atoms with Crippen molar-refractivity contribution in [3.8, 4) is 5.75 Å². The second-order valence-corrected chi connectivity index (χ2v) is 3.56. The topological polar surface area (TPSA) is 80.7 Å². The zero-order valence-electron chi connectivity index (χ0n) is 8.84. The number of oxime groups is 1. The monoisotopic (exact) mass is 209 g/mol. The molecule has 0 aliphatic carbocycles. The Bertz CT molecular complexity index is 350. The third-order valence-electron chi connectivity index (χ3n) is 1.74. The molecule has 15 heavy (non-hydrogen) atoms. The number of nitrogens with zero attached hydrogens (tertiary/aromatic N) is 2. The van der Waals surface area contributed by atoms with Crippen molar-refractivity contribution in [3.63, 3.8) is 0 Å². The van der Waals surface area contributed by atoms with Crippen molar-refractivity contribution in [1.82, 2.24) is 4.98 Å². The maximum Gasteiger partial charge on any atom is 0.175 e. The number of ether oxygens (including phenoxy) is 1. The minimum atomic E-state index is 0.00172. The van der Waals surface area contributed by atoms with Crippen LogP contribution in [0.2, 0.25) is 0 Å². The minimum absolute atomic E-state index is 0.00172. The Morgan fingerprint density at radius 1 is 1.67 bits per heavy atom. The van der Waals surface area contributed by atoms with Gasteiger partial charge in [-0.3, -0.25) is 4.98 Å². The molecule has 82 valence electrons. The van der Waals surface area contributed by atoms with Crippen molar-refractivity contribution in [2.45, 2.75) is 13.8 Å². The molecule has 0 atom stereocenters. The number of amidine groups is 1. The lowest BCUT2D eigenvalue weighted by atomic mass is 10.2. The van der Waals surface area contributed by atoms with Crippen molar-refractivity contribution in [2.75, 3.05) is 6.61 Å². The van der Waals surface area contributed by atoms with Crippen LogP contribution < -0.4 is 10.5 Å². The van der Waals surface area contributed by atoms with Crippen LogP contribution in [0, 0.1) is 5.92 Å². The van der Waals surface area contributed by atoms with Crippen molar-refractivity contribution in [2.24, 2.45) is 16.8 Å². The fourth-order valence-electron chi connectivity index (χ4n) is 1.01. The van der Waals surface area contributed by atoms with Gasteiger partial charge >= 0.3 is 0 Å². The summed E-state index contributed by atoms with van der Waals surface area (Å²) < 4.78 is 5.51. The van der Waals surface area contributed by atoms with Crippen LogP contribution in [0.25, 0.3) is 0 Å². The Kier molecular flexibility index (Phi) is 3.91. The van der Waals surface area contributed by atoms with Crippen LogP contribution in [0.1, 0.15) is 19.4 Å². The summed E-state index contributed by atoms with van der Waals surface area (Å²) in [7, 11) is 0. The molecule has 0 aliphatic heterocycles. The Balaban J connectivity index is 2.87. The SMILES string of the molecule is CC(C)COc1ccncc1/C(N)=N\O. The first kappa shape index (κ1) is 11.3. The van der Waals surface area contributed by atoms with Gasteiger partial charge in [-0.1, -0.05) is 19.0 Å². The number of pyridine rings is 1. The first-order chi connectivity index (χ1) is 7.15. The van der Waals surface area contributed by atoms with E-state index in [1.165, 1.54) is 6.20 Å². The molecule has 0 spiro atoms. The molecule has 1 rings (SSSR count). The molecule has 0 amide bonds. The molecular formula is C10H15N3O2. The van der Waals surface area contributed by atoms with Crippen molar-refractivity contribution in [3.05, 3.63) is 24.0 Å². The molecule has 5 nitrogen and oxygen atoms in total. The molecule has 0 fully saturated rings. The van der Waals surface area contributed by atoms with Crippen molar-refractivity contribution < 1.29 is 9.94 Å². The van der Waals surface area contributed by atoms with Crippen LogP contribution in [0.15, 0.2) is 23.6 Å². The largest absolute Gasteiger partial charge is 0.492 e. The highest BCUT2D eigenvalue weighted by Crippen LogP contribution is 2.16. The van der Waals surface area contributed by atoms with E-state index in [9.17, 15) is 0 Å². The molecule has 0 unspecified atom stereocenters. The highest BCUT2D eigenvalue weighted by molar-refractivity contribution is 5.99. The third kappa shape index (κ3) is 3.12. The maximum absolute atomic E-state index is 8.57. The quantitative estimate of drug-likeness (QED) is 0.338. The summed E-state index contributed by atoms with van der Waals surface area (Å²) >= 11 is 0. The summed E-state index contributed by atoms with van der Waals surface area (Å²) in [6, 6.07) is 1.69. The van der Waals surface area contributed by atoms with Crippen LogP contribution in [-0.4, -0.2) is 22.6 Å². The number of hydrogen-bond donors (Lipinski definition) is 2. The van der Waals surface area contributed by atoms with Gasteiger partial charge < -0.3 is 15.7 Å². The lowest BCUT2D eigenvalue weighted by molar-refractivity contribution is 0.270. The predicted molar refractivity (Wildman–Crippen MR) is 57.1 cm³/mol. The van der Waals surface area contributed by atoms with Gasteiger partial charge in [0.05, 0.1) is 12.2 Å². The van der Waals surface area contributed by atoms with Crippen molar-refractivity contribution in [1.29, 1.82) is 0 Å². The van der Waals surface area contributed by atoms with E-state index in [-0.39, 0.29) is 5.84 Å². The standard InChI is InChI=1S/C10H15N3O2/c1-7(2)6-15-9-3-4-12-5-8(9)10(11)13-14/h3-5,7,14H,6H2,1-2H3,(H2,11,13). The summed E-state index contributed by atoms with van der Waals surface area (Å²) in [5, 5.41) is 11.5. The Morgan fingerprint density at radius 2 is 2.40 bits per heavy atom. The van der Waals surface area contributed by atoms with Crippen LogP contribution in [0.4, 0.5) is 0 Å². The number of hydrogen-bond acceptors (Lipinski definition) is 4. The molecule has 0 bridgehead atoms. The van der Waals surface area contributed by atoms with Gasteiger partial charge in [-0.15, -0.1) is 0 Å². The van der Waals surface area contributed by atoms with E-state index < -0.39 is 0 Å². The van der Waals surface area contributed by atoms with E-state index in [4.69, 9.17) is 15.7 Å². The van der Waals surface area contributed by atoms with Gasteiger partial charge in [-0.2, -0.15) is 0 Å². The predicted octanol–water partition coefficient (Wildman–Crippen LogP) is 1.21. The van der Waals surface area contributed by atoms with E-state index >= 15 is 0 Å². The summed E-state index contributed by atoms with van der Waals surface area (Å²) in [5.41, 5.74) is 5.98. The Morgan fingerprint density at radius 3 is 3.00 bits per heavy atom. The molecule has 3 N–H and O–H groups in total. The van der Waals surface area contributed by atoms with Crippen molar-refractivity contribution >= 4 is 5.84 Å². The zero-order chi connectivity index (χ0) is 11.3. The van der Waals surface area contributed by atoms with E-state index in [1.807, 2.05) is 13.8 Å². The zero-order valence-corrected chi connectivity index (χ0v) is 8.84. The molecule has 5 heteroatoms. The van der Waals surface area contributed by atoms with Gasteiger partial charge in [-0.05, 0) is 12.0 Å².